The van der Waals surface area contributed by atoms with Gasteiger partial charge in [-0.3, -0.25) is 0 Å². The van der Waals surface area contributed by atoms with Gasteiger partial charge in [-0.2, -0.15) is 0 Å². The number of aryl methyl sites for hydroxylation is 1. The number of rotatable bonds is 3. The average Bonchev–Trinajstić information content (AvgIpc) is 3.29. The van der Waals surface area contributed by atoms with Crippen molar-refractivity contribution in [1.82, 2.24) is 9.55 Å². The maximum atomic E-state index is 5.98. The lowest BCUT2D eigenvalue weighted by Gasteiger charge is -2.18. The second-order valence-corrected chi connectivity index (χ2v) is 8.82. The van der Waals surface area contributed by atoms with Crippen molar-refractivity contribution < 1.29 is 4.42 Å². The molecule has 0 N–H and O–H groups in total. The Morgan fingerprint density at radius 3 is 2.53 bits per heavy atom. The molecule has 0 spiro atoms. The van der Waals surface area contributed by atoms with Crippen LogP contribution in [0.1, 0.15) is 44.7 Å². The molecular formula is C27H26N2O. The molecular weight excluding hydrogens is 368 g/mol. The monoisotopic (exact) mass is 394 g/mol. The van der Waals surface area contributed by atoms with E-state index in [0.29, 0.717) is 5.89 Å². The Balaban J connectivity index is 1.61. The number of hydrogen-bond donors (Lipinski definition) is 0. The summed E-state index contributed by atoms with van der Waals surface area (Å²) in [6, 6.07) is 21.4. The van der Waals surface area contributed by atoms with E-state index in [9.17, 15) is 0 Å². The quantitative estimate of drug-likeness (QED) is 0.319. The predicted octanol–water partition coefficient (Wildman–Crippen LogP) is 7.42. The van der Waals surface area contributed by atoms with Crippen LogP contribution in [-0.4, -0.2) is 9.55 Å². The van der Waals surface area contributed by atoms with Crippen molar-refractivity contribution in [2.45, 2.75) is 39.7 Å². The first kappa shape index (κ1) is 18.7. The van der Waals surface area contributed by atoms with E-state index in [0.717, 1.165) is 17.6 Å². The van der Waals surface area contributed by atoms with E-state index in [1.54, 1.807) is 0 Å². The fourth-order valence-electron chi connectivity index (χ4n) is 4.25. The molecule has 0 aliphatic carbocycles. The zero-order valence-electron chi connectivity index (χ0n) is 17.9. The van der Waals surface area contributed by atoms with E-state index in [1.165, 1.54) is 32.9 Å². The number of oxazole rings is 1. The maximum Gasteiger partial charge on any atom is 0.220 e. The minimum atomic E-state index is 0.0896. The molecule has 3 aromatic carbocycles. The van der Waals surface area contributed by atoms with Gasteiger partial charge in [0.1, 0.15) is 5.52 Å². The molecule has 0 fully saturated rings. The van der Waals surface area contributed by atoms with Gasteiger partial charge in [0.25, 0.3) is 0 Å². The second-order valence-electron chi connectivity index (χ2n) is 8.82. The van der Waals surface area contributed by atoms with Crippen LogP contribution in [0.25, 0.3) is 45.1 Å². The molecule has 3 nitrogen and oxygen atoms in total. The number of aromatic nitrogens is 2. The van der Waals surface area contributed by atoms with Crippen LogP contribution in [0, 0.1) is 0 Å². The fraction of sp³-hybridized carbons (Fsp3) is 0.222. The van der Waals surface area contributed by atoms with Crippen molar-refractivity contribution >= 4 is 45.1 Å². The Kier molecular flexibility index (Phi) is 4.28. The first-order chi connectivity index (χ1) is 14.5. The van der Waals surface area contributed by atoms with Crippen molar-refractivity contribution in [2.75, 3.05) is 0 Å². The molecule has 5 rings (SSSR count). The number of para-hydroxylation sites is 1. The van der Waals surface area contributed by atoms with Crippen LogP contribution in [-0.2, 0) is 12.0 Å². The molecule has 0 radical (unpaired) electrons. The Morgan fingerprint density at radius 2 is 1.73 bits per heavy atom. The van der Waals surface area contributed by atoms with E-state index in [-0.39, 0.29) is 5.41 Å². The highest BCUT2D eigenvalue weighted by atomic mass is 16.3. The van der Waals surface area contributed by atoms with Crippen molar-refractivity contribution in [2.24, 2.45) is 0 Å². The highest BCUT2D eigenvalue weighted by Gasteiger charge is 2.16. The van der Waals surface area contributed by atoms with Crippen LogP contribution in [0.5, 0.6) is 0 Å². The van der Waals surface area contributed by atoms with Gasteiger partial charge in [-0.25, -0.2) is 4.98 Å². The van der Waals surface area contributed by atoms with Crippen molar-refractivity contribution in [3.63, 3.8) is 0 Å². The highest BCUT2D eigenvalue weighted by molar-refractivity contribution is 6.12. The van der Waals surface area contributed by atoms with E-state index >= 15 is 0 Å². The molecule has 3 heteroatoms. The van der Waals surface area contributed by atoms with Crippen LogP contribution in [0.4, 0.5) is 0 Å². The zero-order valence-corrected chi connectivity index (χ0v) is 17.9. The lowest BCUT2D eigenvalue weighted by molar-refractivity contribution is 0.585. The number of nitrogens with zero attached hydrogens (tertiary/aromatic N) is 2. The molecule has 0 unspecified atom stereocenters. The minimum Gasteiger partial charge on any atom is -0.437 e. The summed E-state index contributed by atoms with van der Waals surface area (Å²) < 4.78 is 8.35. The molecule has 30 heavy (non-hydrogen) atoms. The molecule has 0 saturated carbocycles. The Hall–Kier alpha value is -3.33. The van der Waals surface area contributed by atoms with Crippen LogP contribution in [0.3, 0.4) is 0 Å². The van der Waals surface area contributed by atoms with Gasteiger partial charge in [-0.05, 0) is 53.8 Å². The van der Waals surface area contributed by atoms with Gasteiger partial charge in [0, 0.05) is 34.4 Å². The summed E-state index contributed by atoms with van der Waals surface area (Å²) in [4.78, 5) is 4.71. The summed E-state index contributed by atoms with van der Waals surface area (Å²) >= 11 is 0. The van der Waals surface area contributed by atoms with Crippen molar-refractivity contribution in [3.8, 4) is 0 Å². The zero-order chi connectivity index (χ0) is 20.9. The molecule has 0 atom stereocenters. The lowest BCUT2D eigenvalue weighted by Crippen LogP contribution is -2.10. The summed E-state index contributed by atoms with van der Waals surface area (Å²) in [5.41, 5.74) is 6.78. The molecule has 0 aliphatic rings. The topological polar surface area (TPSA) is 31.0 Å². The summed E-state index contributed by atoms with van der Waals surface area (Å²) in [5.74, 6) is 0.632. The number of hydrogen-bond acceptors (Lipinski definition) is 2. The van der Waals surface area contributed by atoms with E-state index < -0.39 is 0 Å². The molecule has 5 aromatic rings. The minimum absolute atomic E-state index is 0.0896. The standard InChI is InChI=1S/C27H26N2O/c1-5-29-22-11-7-6-10-20(22)26-18(9-8-12-23(26)29)13-16-25-28-21-17-19(27(2,3)4)14-15-24(21)30-25/h6-17H,5H2,1-4H3/b16-13+. The SMILES string of the molecule is CCn1c2ccccc2c2c(/C=C/c3nc4cc(C(C)(C)C)ccc4o3)cccc21. The number of fused-ring (bicyclic) bond motifs is 4. The van der Waals surface area contributed by atoms with Crippen LogP contribution in [0.2, 0.25) is 0 Å². The molecule has 0 saturated heterocycles. The predicted molar refractivity (Wildman–Crippen MR) is 127 cm³/mol. The van der Waals surface area contributed by atoms with Gasteiger partial charge >= 0.3 is 0 Å². The highest BCUT2D eigenvalue weighted by Crippen LogP contribution is 2.33. The average molecular weight is 395 g/mol. The van der Waals surface area contributed by atoms with E-state index in [2.05, 4.69) is 92.9 Å². The van der Waals surface area contributed by atoms with E-state index in [1.807, 2.05) is 12.1 Å². The molecule has 0 bridgehead atoms. The van der Waals surface area contributed by atoms with Gasteiger partial charge in [-0.1, -0.05) is 57.2 Å². The normalized spacial score (nSPS) is 12.7. The van der Waals surface area contributed by atoms with Gasteiger partial charge < -0.3 is 8.98 Å². The van der Waals surface area contributed by atoms with Crippen molar-refractivity contribution in [1.29, 1.82) is 0 Å². The third kappa shape index (κ3) is 3.02. The number of benzene rings is 3. The Morgan fingerprint density at radius 1 is 0.933 bits per heavy atom. The third-order valence-electron chi connectivity index (χ3n) is 5.82. The van der Waals surface area contributed by atoms with Gasteiger partial charge in [0.05, 0.1) is 0 Å². The molecule has 2 aromatic heterocycles. The maximum absolute atomic E-state index is 5.98. The van der Waals surface area contributed by atoms with Gasteiger partial charge in [-0.15, -0.1) is 0 Å². The van der Waals surface area contributed by atoms with Crippen LogP contribution in [0.15, 0.2) is 65.1 Å². The summed E-state index contributed by atoms with van der Waals surface area (Å²) in [6.07, 6.45) is 4.09. The largest absolute Gasteiger partial charge is 0.437 e. The first-order valence-corrected chi connectivity index (χ1v) is 10.5. The molecule has 0 aliphatic heterocycles. The summed E-state index contributed by atoms with van der Waals surface area (Å²) in [5, 5.41) is 2.55. The van der Waals surface area contributed by atoms with Crippen molar-refractivity contribution in [3.05, 3.63) is 77.7 Å². The molecule has 2 heterocycles. The van der Waals surface area contributed by atoms with Gasteiger partial charge in [0.2, 0.25) is 5.89 Å². The lowest BCUT2D eigenvalue weighted by atomic mass is 9.87. The van der Waals surface area contributed by atoms with E-state index in [4.69, 9.17) is 9.40 Å². The van der Waals surface area contributed by atoms with Gasteiger partial charge in [0.15, 0.2) is 5.58 Å². The Labute approximate surface area is 176 Å². The third-order valence-corrected chi connectivity index (χ3v) is 5.82. The second kappa shape index (κ2) is 6.88. The summed E-state index contributed by atoms with van der Waals surface area (Å²) in [7, 11) is 0. The summed E-state index contributed by atoms with van der Waals surface area (Å²) in [6.45, 7) is 9.77. The molecule has 150 valence electrons. The smallest absolute Gasteiger partial charge is 0.220 e. The fourth-order valence-corrected chi connectivity index (χ4v) is 4.25. The Bertz CT molecular complexity index is 1410. The van der Waals surface area contributed by atoms with Crippen LogP contribution >= 0.6 is 0 Å². The molecule has 0 amide bonds. The van der Waals surface area contributed by atoms with Crippen LogP contribution < -0.4 is 0 Å². The first-order valence-electron chi connectivity index (χ1n) is 10.5.